The van der Waals surface area contributed by atoms with E-state index in [-0.39, 0.29) is 0 Å². The molecule has 0 aliphatic carbocycles. The largest absolute Gasteiger partial charge is 0.388 e. The van der Waals surface area contributed by atoms with E-state index in [0.29, 0.717) is 12.1 Å². The summed E-state index contributed by atoms with van der Waals surface area (Å²) in [4.78, 5) is 0. The SMILES string of the molecule is C=C(NCCCCC(C)C)C(CC)NC(C)C. The molecule has 0 rings (SSSR count). The minimum atomic E-state index is 0.403. The molecular weight excluding hydrogens is 208 g/mol. The molecule has 1 unspecified atom stereocenters. The molecule has 2 heteroatoms. The van der Waals surface area contributed by atoms with Crippen LogP contribution in [0.4, 0.5) is 0 Å². The van der Waals surface area contributed by atoms with Crippen LogP contribution in [-0.2, 0) is 0 Å². The van der Waals surface area contributed by atoms with Crippen LogP contribution < -0.4 is 10.6 Å². The Balaban J connectivity index is 3.68. The molecule has 0 aromatic carbocycles. The fraction of sp³-hybridized carbons (Fsp3) is 0.867. The fourth-order valence-electron chi connectivity index (χ4n) is 1.92. The molecule has 0 aromatic rings. The second-order valence-corrected chi connectivity index (χ2v) is 5.62. The van der Waals surface area contributed by atoms with Crippen molar-refractivity contribution in [2.24, 2.45) is 5.92 Å². The molecule has 0 radical (unpaired) electrons. The van der Waals surface area contributed by atoms with E-state index in [9.17, 15) is 0 Å². The summed E-state index contributed by atoms with van der Waals surface area (Å²) < 4.78 is 0. The molecule has 0 aliphatic heterocycles. The Kier molecular flexibility index (Phi) is 9.24. The lowest BCUT2D eigenvalue weighted by Gasteiger charge is -2.23. The normalized spacial score (nSPS) is 13.1. The Morgan fingerprint density at radius 3 is 2.24 bits per heavy atom. The van der Waals surface area contributed by atoms with Crippen LogP contribution in [0.15, 0.2) is 12.3 Å². The number of unbranched alkanes of at least 4 members (excludes halogenated alkanes) is 1. The molecule has 17 heavy (non-hydrogen) atoms. The molecule has 0 amide bonds. The van der Waals surface area contributed by atoms with Gasteiger partial charge in [-0.05, 0) is 18.8 Å². The molecule has 0 heterocycles. The highest BCUT2D eigenvalue weighted by molar-refractivity contribution is 5.02. The second kappa shape index (κ2) is 9.52. The third kappa shape index (κ3) is 9.22. The average Bonchev–Trinajstić information content (AvgIpc) is 2.24. The summed E-state index contributed by atoms with van der Waals surface area (Å²) in [6.45, 7) is 16.3. The summed E-state index contributed by atoms with van der Waals surface area (Å²) in [6, 6.07) is 0.916. The van der Waals surface area contributed by atoms with Crippen molar-refractivity contribution >= 4 is 0 Å². The van der Waals surface area contributed by atoms with E-state index in [1.165, 1.54) is 19.3 Å². The summed E-state index contributed by atoms with van der Waals surface area (Å²) in [5, 5.41) is 6.98. The summed E-state index contributed by atoms with van der Waals surface area (Å²) in [7, 11) is 0. The maximum Gasteiger partial charge on any atom is 0.0462 e. The summed E-state index contributed by atoms with van der Waals surface area (Å²) in [5.41, 5.74) is 1.14. The maximum atomic E-state index is 4.14. The van der Waals surface area contributed by atoms with E-state index in [1.807, 2.05) is 0 Å². The minimum absolute atomic E-state index is 0.403. The highest BCUT2D eigenvalue weighted by Gasteiger charge is 2.10. The molecule has 2 N–H and O–H groups in total. The van der Waals surface area contributed by atoms with Crippen LogP contribution in [0, 0.1) is 5.92 Å². The van der Waals surface area contributed by atoms with Crippen molar-refractivity contribution < 1.29 is 0 Å². The highest BCUT2D eigenvalue weighted by Crippen LogP contribution is 2.06. The quantitative estimate of drug-likeness (QED) is 0.569. The predicted octanol–water partition coefficient (Wildman–Crippen LogP) is 3.69. The Morgan fingerprint density at radius 1 is 1.12 bits per heavy atom. The van der Waals surface area contributed by atoms with E-state index in [0.717, 1.165) is 24.6 Å². The van der Waals surface area contributed by atoms with Gasteiger partial charge in [-0.25, -0.2) is 0 Å². The molecule has 0 fully saturated rings. The first-order chi connectivity index (χ1) is 7.97. The van der Waals surface area contributed by atoms with Crippen molar-refractivity contribution in [2.75, 3.05) is 6.54 Å². The standard InChI is InChI=1S/C15H32N2/c1-7-15(17-13(4)5)14(6)16-11-9-8-10-12(2)3/h12-13,15-17H,6-11H2,1-5H3. The molecule has 0 bridgehead atoms. The minimum Gasteiger partial charge on any atom is -0.388 e. The highest BCUT2D eigenvalue weighted by atomic mass is 15.0. The van der Waals surface area contributed by atoms with Gasteiger partial charge in [0.1, 0.15) is 0 Å². The number of rotatable bonds is 10. The molecule has 0 saturated heterocycles. The summed E-state index contributed by atoms with van der Waals surface area (Å²) in [6.07, 6.45) is 4.98. The number of nitrogens with one attached hydrogen (secondary N) is 2. The fourth-order valence-corrected chi connectivity index (χ4v) is 1.92. The van der Waals surface area contributed by atoms with Gasteiger partial charge in [0.25, 0.3) is 0 Å². The van der Waals surface area contributed by atoms with Gasteiger partial charge in [0, 0.05) is 24.3 Å². The molecule has 0 aliphatic rings. The maximum absolute atomic E-state index is 4.14. The van der Waals surface area contributed by atoms with Crippen molar-refractivity contribution in [1.29, 1.82) is 0 Å². The van der Waals surface area contributed by atoms with Gasteiger partial charge in [0.2, 0.25) is 0 Å². The van der Waals surface area contributed by atoms with Gasteiger partial charge < -0.3 is 10.6 Å². The van der Waals surface area contributed by atoms with Crippen molar-refractivity contribution in [2.45, 2.75) is 72.4 Å². The Morgan fingerprint density at radius 2 is 1.76 bits per heavy atom. The van der Waals surface area contributed by atoms with Crippen LogP contribution >= 0.6 is 0 Å². The first-order valence-electron chi connectivity index (χ1n) is 7.16. The summed E-state index contributed by atoms with van der Waals surface area (Å²) in [5.74, 6) is 0.823. The van der Waals surface area contributed by atoms with Crippen molar-refractivity contribution in [3.05, 3.63) is 12.3 Å². The van der Waals surface area contributed by atoms with Crippen LogP contribution in [0.5, 0.6) is 0 Å². The van der Waals surface area contributed by atoms with E-state index < -0.39 is 0 Å². The smallest absolute Gasteiger partial charge is 0.0462 e. The molecule has 0 spiro atoms. The van der Waals surface area contributed by atoms with Crippen molar-refractivity contribution in [3.8, 4) is 0 Å². The van der Waals surface area contributed by atoms with Gasteiger partial charge in [-0.2, -0.15) is 0 Å². The lowest BCUT2D eigenvalue weighted by molar-refractivity contribution is 0.468. The third-order valence-corrected chi connectivity index (χ3v) is 2.92. The second-order valence-electron chi connectivity index (χ2n) is 5.62. The molecular formula is C15H32N2. The lowest BCUT2D eigenvalue weighted by atomic mass is 10.1. The van der Waals surface area contributed by atoms with E-state index in [2.05, 4.69) is 51.8 Å². The zero-order chi connectivity index (χ0) is 13.3. The van der Waals surface area contributed by atoms with Crippen LogP contribution in [0.3, 0.4) is 0 Å². The molecule has 1 atom stereocenters. The van der Waals surface area contributed by atoms with Gasteiger partial charge in [-0.15, -0.1) is 0 Å². The van der Waals surface area contributed by atoms with Gasteiger partial charge in [0.15, 0.2) is 0 Å². The number of hydrogen-bond acceptors (Lipinski definition) is 2. The Labute approximate surface area is 108 Å². The van der Waals surface area contributed by atoms with Crippen LogP contribution in [-0.4, -0.2) is 18.6 Å². The monoisotopic (exact) mass is 240 g/mol. The van der Waals surface area contributed by atoms with E-state index in [4.69, 9.17) is 0 Å². The van der Waals surface area contributed by atoms with Crippen LogP contribution in [0.25, 0.3) is 0 Å². The van der Waals surface area contributed by atoms with Gasteiger partial charge in [0.05, 0.1) is 0 Å². The lowest BCUT2D eigenvalue weighted by Crippen LogP contribution is -2.39. The predicted molar refractivity (Wildman–Crippen MR) is 78.2 cm³/mol. The van der Waals surface area contributed by atoms with Gasteiger partial charge >= 0.3 is 0 Å². The van der Waals surface area contributed by atoms with E-state index >= 15 is 0 Å². The molecule has 0 saturated carbocycles. The van der Waals surface area contributed by atoms with Gasteiger partial charge in [-0.3, -0.25) is 0 Å². The average molecular weight is 240 g/mol. The van der Waals surface area contributed by atoms with Crippen LogP contribution in [0.2, 0.25) is 0 Å². The topological polar surface area (TPSA) is 24.1 Å². The third-order valence-electron chi connectivity index (χ3n) is 2.92. The van der Waals surface area contributed by atoms with Crippen molar-refractivity contribution in [1.82, 2.24) is 10.6 Å². The van der Waals surface area contributed by atoms with Gasteiger partial charge in [-0.1, -0.05) is 54.0 Å². The zero-order valence-electron chi connectivity index (χ0n) is 12.5. The zero-order valence-corrected chi connectivity index (χ0v) is 12.5. The Hall–Kier alpha value is -0.500. The summed E-state index contributed by atoms with van der Waals surface area (Å²) >= 11 is 0. The molecule has 0 aromatic heterocycles. The first-order valence-corrected chi connectivity index (χ1v) is 7.16. The molecule has 2 nitrogen and oxygen atoms in total. The van der Waals surface area contributed by atoms with Crippen LogP contribution in [0.1, 0.15) is 60.3 Å². The Bertz CT molecular complexity index is 197. The van der Waals surface area contributed by atoms with E-state index in [1.54, 1.807) is 0 Å². The molecule has 102 valence electrons. The van der Waals surface area contributed by atoms with Crippen molar-refractivity contribution in [3.63, 3.8) is 0 Å². The first kappa shape index (κ1) is 16.5. The number of hydrogen-bond donors (Lipinski definition) is 2.